The van der Waals surface area contributed by atoms with E-state index in [9.17, 15) is 19.7 Å². The summed E-state index contributed by atoms with van der Waals surface area (Å²) >= 11 is 0. The van der Waals surface area contributed by atoms with Gasteiger partial charge in [0.2, 0.25) is 5.91 Å². The van der Waals surface area contributed by atoms with E-state index in [1.807, 2.05) is 6.92 Å². The Morgan fingerprint density at radius 1 is 1.60 bits per heavy atom. The van der Waals surface area contributed by atoms with E-state index in [1.165, 1.54) is 6.20 Å². The zero-order valence-corrected chi connectivity index (χ0v) is 11.1. The van der Waals surface area contributed by atoms with Crippen LogP contribution in [0.3, 0.4) is 0 Å². The highest BCUT2D eigenvalue weighted by Crippen LogP contribution is 2.08. The second-order valence-electron chi connectivity index (χ2n) is 4.40. The maximum absolute atomic E-state index is 11.7. The molecule has 1 amide bonds. The van der Waals surface area contributed by atoms with E-state index in [2.05, 4.69) is 10.4 Å². The largest absolute Gasteiger partial charge is 0.480 e. The SMILES string of the molecule is CCC(C)C(NC(=O)Cn1ccc([N+](=O)[O-])n1)C(=O)O. The molecule has 0 bridgehead atoms. The quantitative estimate of drug-likeness (QED) is 0.551. The van der Waals surface area contributed by atoms with Gasteiger partial charge in [-0.2, -0.15) is 4.68 Å². The van der Waals surface area contributed by atoms with Gasteiger partial charge in [-0.3, -0.25) is 4.79 Å². The zero-order valence-electron chi connectivity index (χ0n) is 11.1. The molecular weight excluding hydrogens is 268 g/mol. The van der Waals surface area contributed by atoms with Crippen molar-refractivity contribution in [2.24, 2.45) is 5.92 Å². The van der Waals surface area contributed by atoms with Gasteiger partial charge in [0, 0.05) is 0 Å². The van der Waals surface area contributed by atoms with Crippen LogP contribution in [-0.4, -0.2) is 37.7 Å². The zero-order chi connectivity index (χ0) is 15.3. The minimum Gasteiger partial charge on any atom is -0.480 e. The average molecular weight is 284 g/mol. The minimum absolute atomic E-state index is 0.219. The summed E-state index contributed by atoms with van der Waals surface area (Å²) in [6.07, 6.45) is 1.89. The first-order valence-corrected chi connectivity index (χ1v) is 6.05. The second kappa shape index (κ2) is 6.64. The Bertz CT molecular complexity index is 513. The standard InChI is InChI=1S/C11H16N4O5/c1-3-7(2)10(11(17)18)12-9(16)6-14-5-4-8(13-14)15(19)20/h4-5,7,10H,3,6H2,1-2H3,(H,12,16)(H,17,18). The molecule has 1 heterocycles. The highest BCUT2D eigenvalue weighted by molar-refractivity contribution is 5.83. The summed E-state index contributed by atoms with van der Waals surface area (Å²) < 4.78 is 1.09. The van der Waals surface area contributed by atoms with Crippen LogP contribution in [0.15, 0.2) is 12.3 Å². The van der Waals surface area contributed by atoms with E-state index < -0.39 is 22.8 Å². The molecule has 1 rings (SSSR count). The first kappa shape index (κ1) is 15.6. The number of hydrogen-bond acceptors (Lipinski definition) is 5. The number of rotatable bonds is 7. The molecule has 0 aliphatic carbocycles. The number of nitrogens with zero attached hydrogens (tertiary/aromatic N) is 3. The molecule has 1 aromatic heterocycles. The lowest BCUT2D eigenvalue weighted by Crippen LogP contribution is -2.46. The number of carbonyl (C=O) groups is 2. The third-order valence-electron chi connectivity index (χ3n) is 2.91. The molecule has 0 fully saturated rings. The lowest BCUT2D eigenvalue weighted by Gasteiger charge is -2.19. The summed E-state index contributed by atoms with van der Waals surface area (Å²) in [7, 11) is 0. The van der Waals surface area contributed by atoms with Crippen molar-refractivity contribution >= 4 is 17.7 Å². The summed E-state index contributed by atoms with van der Waals surface area (Å²) in [5, 5.41) is 25.4. The Labute approximate surface area is 114 Å². The van der Waals surface area contributed by atoms with Crippen LogP contribution in [0, 0.1) is 16.0 Å². The molecule has 2 unspecified atom stereocenters. The van der Waals surface area contributed by atoms with Gasteiger partial charge in [-0.1, -0.05) is 20.3 Å². The molecule has 20 heavy (non-hydrogen) atoms. The van der Waals surface area contributed by atoms with Crippen LogP contribution >= 0.6 is 0 Å². The molecule has 0 saturated heterocycles. The van der Waals surface area contributed by atoms with E-state index in [0.717, 1.165) is 10.7 Å². The molecule has 0 saturated carbocycles. The van der Waals surface area contributed by atoms with E-state index >= 15 is 0 Å². The maximum atomic E-state index is 11.7. The van der Waals surface area contributed by atoms with Gasteiger partial charge in [-0.05, 0) is 10.8 Å². The minimum atomic E-state index is -1.11. The lowest BCUT2D eigenvalue weighted by molar-refractivity contribution is -0.389. The third kappa shape index (κ3) is 4.04. The molecule has 9 nitrogen and oxygen atoms in total. The van der Waals surface area contributed by atoms with Crippen molar-refractivity contribution in [2.75, 3.05) is 0 Å². The normalized spacial score (nSPS) is 13.5. The fourth-order valence-corrected chi connectivity index (χ4v) is 1.59. The molecule has 1 aromatic rings. The Balaban J connectivity index is 2.65. The molecule has 0 aromatic carbocycles. The van der Waals surface area contributed by atoms with Gasteiger partial charge < -0.3 is 20.5 Å². The predicted molar refractivity (Wildman–Crippen MR) is 67.9 cm³/mol. The van der Waals surface area contributed by atoms with Crippen molar-refractivity contribution in [3.63, 3.8) is 0 Å². The summed E-state index contributed by atoms with van der Waals surface area (Å²) in [5.74, 6) is -2.26. The number of carboxylic acids is 1. The van der Waals surface area contributed by atoms with Gasteiger partial charge in [0.25, 0.3) is 0 Å². The topological polar surface area (TPSA) is 127 Å². The summed E-state index contributed by atoms with van der Waals surface area (Å²) in [6, 6.07) is 0.175. The fourth-order valence-electron chi connectivity index (χ4n) is 1.59. The number of nitrogens with one attached hydrogen (secondary N) is 1. The number of hydrogen-bond donors (Lipinski definition) is 2. The third-order valence-corrected chi connectivity index (χ3v) is 2.91. The molecular formula is C11H16N4O5. The van der Waals surface area contributed by atoms with Crippen molar-refractivity contribution in [3.8, 4) is 0 Å². The van der Waals surface area contributed by atoms with Gasteiger partial charge in [-0.25, -0.2) is 4.79 Å². The Morgan fingerprint density at radius 3 is 2.70 bits per heavy atom. The van der Waals surface area contributed by atoms with Crippen LogP contribution in [0.5, 0.6) is 0 Å². The highest BCUT2D eigenvalue weighted by atomic mass is 16.6. The van der Waals surface area contributed by atoms with Gasteiger partial charge in [0.05, 0.1) is 17.4 Å². The number of carboxylic acid groups (broad SMARTS) is 1. The number of nitro groups is 1. The molecule has 0 spiro atoms. The van der Waals surface area contributed by atoms with Gasteiger partial charge in [0.15, 0.2) is 0 Å². The van der Waals surface area contributed by atoms with Gasteiger partial charge in [-0.15, -0.1) is 0 Å². The summed E-state index contributed by atoms with van der Waals surface area (Å²) in [6.45, 7) is 3.27. The molecule has 2 N–H and O–H groups in total. The number of aromatic nitrogens is 2. The van der Waals surface area contributed by atoms with E-state index in [4.69, 9.17) is 5.11 Å². The summed E-state index contributed by atoms with van der Waals surface area (Å²) in [5.41, 5.74) is 0. The Kier molecular flexibility index (Phi) is 5.18. The van der Waals surface area contributed by atoms with E-state index in [1.54, 1.807) is 6.92 Å². The maximum Gasteiger partial charge on any atom is 0.389 e. The van der Waals surface area contributed by atoms with Crippen LogP contribution in [-0.2, 0) is 16.1 Å². The number of amides is 1. The van der Waals surface area contributed by atoms with Crippen molar-refractivity contribution in [2.45, 2.75) is 32.9 Å². The van der Waals surface area contributed by atoms with Crippen LogP contribution in [0.25, 0.3) is 0 Å². The lowest BCUT2D eigenvalue weighted by atomic mass is 9.99. The van der Waals surface area contributed by atoms with Gasteiger partial charge >= 0.3 is 11.8 Å². The van der Waals surface area contributed by atoms with Crippen molar-refractivity contribution in [1.29, 1.82) is 0 Å². The molecule has 0 aliphatic rings. The van der Waals surface area contributed by atoms with E-state index in [0.29, 0.717) is 6.42 Å². The first-order chi connectivity index (χ1) is 9.35. The van der Waals surface area contributed by atoms with Crippen molar-refractivity contribution in [3.05, 3.63) is 22.4 Å². The Hall–Kier alpha value is -2.45. The van der Waals surface area contributed by atoms with Crippen LogP contribution in [0.1, 0.15) is 20.3 Å². The highest BCUT2D eigenvalue weighted by Gasteiger charge is 2.25. The van der Waals surface area contributed by atoms with Crippen LogP contribution < -0.4 is 5.32 Å². The predicted octanol–water partition coefficient (Wildman–Crippen LogP) is 0.407. The van der Waals surface area contributed by atoms with Gasteiger partial charge in [0.1, 0.15) is 12.6 Å². The molecule has 0 aliphatic heterocycles. The number of aliphatic carboxylic acids is 1. The van der Waals surface area contributed by atoms with Crippen molar-refractivity contribution in [1.82, 2.24) is 15.1 Å². The number of carbonyl (C=O) groups excluding carboxylic acids is 1. The Morgan fingerprint density at radius 2 is 2.25 bits per heavy atom. The molecule has 2 atom stereocenters. The fraction of sp³-hybridized carbons (Fsp3) is 0.545. The monoisotopic (exact) mass is 284 g/mol. The first-order valence-electron chi connectivity index (χ1n) is 6.05. The van der Waals surface area contributed by atoms with Crippen LogP contribution in [0.4, 0.5) is 5.82 Å². The molecule has 110 valence electrons. The average Bonchev–Trinajstić information content (AvgIpc) is 2.83. The molecule has 9 heteroatoms. The van der Waals surface area contributed by atoms with Crippen LogP contribution in [0.2, 0.25) is 0 Å². The molecule has 0 radical (unpaired) electrons. The van der Waals surface area contributed by atoms with E-state index in [-0.39, 0.29) is 18.3 Å². The second-order valence-corrected chi connectivity index (χ2v) is 4.40. The van der Waals surface area contributed by atoms with Crippen molar-refractivity contribution < 1.29 is 19.6 Å². The smallest absolute Gasteiger partial charge is 0.389 e. The summed E-state index contributed by atoms with van der Waals surface area (Å²) in [4.78, 5) is 32.6.